The monoisotopic (exact) mass is 387 g/mol. The lowest BCUT2D eigenvalue weighted by atomic mass is 10.2. The standard InChI is InChI=1S/C16H25N5O2S.ClH/c1-11(2)9-21-14(19-20-16(21)24-3)5-4-6-18-15(22)12-7-13(8-17)23-10-12;/h7,10-11H,4-6,8-9,17H2,1-3H3,(H,18,22);1H. The van der Waals surface area contributed by atoms with Crippen LogP contribution in [-0.4, -0.2) is 33.5 Å². The smallest absolute Gasteiger partial charge is 0.254 e. The molecule has 25 heavy (non-hydrogen) atoms. The molecule has 0 aliphatic carbocycles. The van der Waals surface area contributed by atoms with E-state index in [0.717, 1.165) is 30.4 Å². The highest BCUT2D eigenvalue weighted by Crippen LogP contribution is 2.16. The molecular formula is C16H26ClN5O2S. The Labute approximate surface area is 158 Å². The molecule has 0 radical (unpaired) electrons. The molecule has 0 spiro atoms. The van der Waals surface area contributed by atoms with Crippen molar-refractivity contribution in [3.05, 3.63) is 29.5 Å². The van der Waals surface area contributed by atoms with Gasteiger partial charge in [0.05, 0.1) is 12.1 Å². The predicted molar refractivity (Wildman–Crippen MR) is 101 cm³/mol. The van der Waals surface area contributed by atoms with Crippen LogP contribution < -0.4 is 11.1 Å². The SMILES string of the molecule is CSc1nnc(CCCNC(=O)c2coc(CN)c2)n1CC(C)C.Cl. The number of carbonyl (C=O) groups excluding carboxylic acids is 1. The summed E-state index contributed by atoms with van der Waals surface area (Å²) in [5.41, 5.74) is 5.97. The van der Waals surface area contributed by atoms with Crippen LogP contribution in [0.4, 0.5) is 0 Å². The van der Waals surface area contributed by atoms with Crippen molar-refractivity contribution < 1.29 is 9.21 Å². The zero-order chi connectivity index (χ0) is 17.5. The second kappa shape index (κ2) is 10.5. The van der Waals surface area contributed by atoms with Gasteiger partial charge in [0.25, 0.3) is 5.91 Å². The predicted octanol–water partition coefficient (Wildman–Crippen LogP) is 2.49. The average molecular weight is 388 g/mol. The minimum atomic E-state index is -0.146. The highest BCUT2D eigenvalue weighted by molar-refractivity contribution is 7.98. The van der Waals surface area contributed by atoms with E-state index >= 15 is 0 Å². The van der Waals surface area contributed by atoms with E-state index in [-0.39, 0.29) is 24.9 Å². The molecule has 0 saturated carbocycles. The number of nitrogens with zero attached hydrogens (tertiary/aromatic N) is 3. The summed E-state index contributed by atoms with van der Waals surface area (Å²) in [5.74, 6) is 1.96. The number of nitrogens with one attached hydrogen (secondary N) is 1. The zero-order valence-electron chi connectivity index (χ0n) is 14.8. The number of furan rings is 1. The Morgan fingerprint density at radius 2 is 2.20 bits per heavy atom. The van der Waals surface area contributed by atoms with Gasteiger partial charge < -0.3 is 20.0 Å². The largest absolute Gasteiger partial charge is 0.467 e. The number of amides is 1. The van der Waals surface area contributed by atoms with Gasteiger partial charge >= 0.3 is 0 Å². The van der Waals surface area contributed by atoms with Gasteiger partial charge in [-0.3, -0.25) is 4.79 Å². The molecule has 0 bridgehead atoms. The Kier molecular flexibility index (Phi) is 9.02. The topological polar surface area (TPSA) is 99.0 Å². The highest BCUT2D eigenvalue weighted by Gasteiger charge is 2.13. The number of aromatic nitrogens is 3. The molecule has 2 heterocycles. The van der Waals surface area contributed by atoms with Gasteiger partial charge in [-0.2, -0.15) is 0 Å². The van der Waals surface area contributed by atoms with E-state index in [0.29, 0.717) is 23.8 Å². The molecule has 3 N–H and O–H groups in total. The second-order valence-electron chi connectivity index (χ2n) is 5.97. The molecule has 0 aromatic carbocycles. The summed E-state index contributed by atoms with van der Waals surface area (Å²) < 4.78 is 7.34. The molecule has 2 aromatic rings. The molecule has 0 aliphatic heterocycles. The molecule has 0 unspecified atom stereocenters. The first-order chi connectivity index (χ1) is 11.5. The van der Waals surface area contributed by atoms with Gasteiger partial charge in [-0.15, -0.1) is 22.6 Å². The molecule has 0 saturated heterocycles. The quantitative estimate of drug-likeness (QED) is 0.506. The first kappa shape index (κ1) is 21.5. The summed E-state index contributed by atoms with van der Waals surface area (Å²) >= 11 is 1.60. The lowest BCUT2D eigenvalue weighted by Crippen LogP contribution is -2.24. The van der Waals surface area contributed by atoms with Crippen LogP contribution in [0.2, 0.25) is 0 Å². The average Bonchev–Trinajstić information content (AvgIpc) is 3.18. The van der Waals surface area contributed by atoms with Gasteiger partial charge in [0.2, 0.25) is 0 Å². The van der Waals surface area contributed by atoms with Crippen molar-refractivity contribution in [2.24, 2.45) is 11.7 Å². The Morgan fingerprint density at radius 3 is 2.80 bits per heavy atom. The highest BCUT2D eigenvalue weighted by atomic mass is 35.5. The van der Waals surface area contributed by atoms with Crippen LogP contribution in [-0.2, 0) is 19.5 Å². The van der Waals surface area contributed by atoms with Crippen molar-refractivity contribution in [3.8, 4) is 0 Å². The van der Waals surface area contributed by atoms with Crippen molar-refractivity contribution in [1.29, 1.82) is 0 Å². The van der Waals surface area contributed by atoms with Crippen LogP contribution in [0, 0.1) is 5.92 Å². The van der Waals surface area contributed by atoms with Crippen molar-refractivity contribution in [2.45, 2.75) is 44.9 Å². The summed E-state index contributed by atoms with van der Waals surface area (Å²) in [4.78, 5) is 12.0. The van der Waals surface area contributed by atoms with E-state index in [4.69, 9.17) is 10.2 Å². The maximum Gasteiger partial charge on any atom is 0.254 e. The van der Waals surface area contributed by atoms with Gasteiger partial charge in [-0.1, -0.05) is 25.6 Å². The van der Waals surface area contributed by atoms with Crippen LogP contribution in [0.25, 0.3) is 0 Å². The zero-order valence-corrected chi connectivity index (χ0v) is 16.5. The summed E-state index contributed by atoms with van der Waals surface area (Å²) in [6, 6.07) is 1.67. The van der Waals surface area contributed by atoms with Crippen molar-refractivity contribution in [3.63, 3.8) is 0 Å². The van der Waals surface area contributed by atoms with Gasteiger partial charge in [0.15, 0.2) is 5.16 Å². The third kappa shape index (κ3) is 6.05. The van der Waals surface area contributed by atoms with Crippen molar-refractivity contribution >= 4 is 30.1 Å². The molecule has 0 atom stereocenters. The van der Waals surface area contributed by atoms with Gasteiger partial charge in [-0.25, -0.2) is 0 Å². The number of rotatable bonds is 9. The number of nitrogens with two attached hydrogens (primary N) is 1. The lowest BCUT2D eigenvalue weighted by Gasteiger charge is -2.11. The number of carbonyl (C=O) groups is 1. The summed E-state index contributed by atoms with van der Waals surface area (Å²) in [6.45, 7) is 6.12. The molecular weight excluding hydrogens is 362 g/mol. The number of thioether (sulfide) groups is 1. The van der Waals surface area contributed by atoms with E-state index in [1.807, 2.05) is 6.26 Å². The molecule has 0 fully saturated rings. The first-order valence-corrected chi connectivity index (χ1v) is 9.29. The Hall–Kier alpha value is -1.51. The molecule has 1 amide bonds. The van der Waals surface area contributed by atoms with Crippen LogP contribution in [0.15, 0.2) is 21.9 Å². The molecule has 2 aromatic heterocycles. The fourth-order valence-electron chi connectivity index (χ4n) is 2.36. The van der Waals surface area contributed by atoms with E-state index in [9.17, 15) is 4.79 Å². The number of hydrogen-bond donors (Lipinski definition) is 2. The molecule has 2 rings (SSSR count). The van der Waals surface area contributed by atoms with Crippen molar-refractivity contribution in [2.75, 3.05) is 12.8 Å². The first-order valence-electron chi connectivity index (χ1n) is 8.06. The van der Waals surface area contributed by atoms with Crippen LogP contribution in [0.1, 0.15) is 42.2 Å². The third-order valence-corrected chi connectivity index (χ3v) is 4.17. The molecule has 140 valence electrons. The fraction of sp³-hybridized carbons (Fsp3) is 0.562. The number of aryl methyl sites for hydroxylation is 1. The van der Waals surface area contributed by atoms with E-state index < -0.39 is 0 Å². The fourth-order valence-corrected chi connectivity index (χ4v) is 2.88. The van der Waals surface area contributed by atoms with E-state index in [2.05, 4.69) is 33.9 Å². The van der Waals surface area contributed by atoms with Gasteiger partial charge in [0.1, 0.15) is 17.8 Å². The summed E-state index contributed by atoms with van der Waals surface area (Å²) in [6.07, 6.45) is 5.02. The summed E-state index contributed by atoms with van der Waals surface area (Å²) in [5, 5.41) is 12.3. The minimum absolute atomic E-state index is 0. The Balaban J connectivity index is 0.00000312. The van der Waals surface area contributed by atoms with Crippen LogP contribution in [0.5, 0.6) is 0 Å². The number of halogens is 1. The number of hydrogen-bond acceptors (Lipinski definition) is 6. The maximum absolute atomic E-state index is 12.0. The van der Waals surface area contributed by atoms with Crippen LogP contribution >= 0.6 is 24.2 Å². The Morgan fingerprint density at radius 1 is 1.44 bits per heavy atom. The second-order valence-corrected chi connectivity index (χ2v) is 6.75. The van der Waals surface area contributed by atoms with Crippen molar-refractivity contribution in [1.82, 2.24) is 20.1 Å². The Bertz CT molecular complexity index is 671. The van der Waals surface area contributed by atoms with E-state index in [1.54, 1.807) is 17.8 Å². The minimum Gasteiger partial charge on any atom is -0.467 e. The van der Waals surface area contributed by atoms with E-state index in [1.165, 1.54) is 6.26 Å². The van der Waals surface area contributed by atoms with Gasteiger partial charge in [0, 0.05) is 19.5 Å². The van der Waals surface area contributed by atoms with Gasteiger partial charge in [-0.05, 0) is 24.7 Å². The molecule has 9 heteroatoms. The normalized spacial score (nSPS) is 10.8. The summed E-state index contributed by atoms with van der Waals surface area (Å²) in [7, 11) is 0. The molecule has 7 nitrogen and oxygen atoms in total. The van der Waals surface area contributed by atoms with Crippen LogP contribution in [0.3, 0.4) is 0 Å². The third-order valence-electron chi connectivity index (χ3n) is 3.50. The maximum atomic E-state index is 12.0. The lowest BCUT2D eigenvalue weighted by molar-refractivity contribution is 0.0952. The molecule has 0 aliphatic rings.